The fourth-order valence-corrected chi connectivity index (χ4v) is 3.13. The van der Waals surface area contributed by atoms with Crippen molar-refractivity contribution in [3.8, 4) is 0 Å². The Bertz CT molecular complexity index is 702. The molecule has 0 radical (unpaired) electrons. The van der Waals surface area contributed by atoms with Gasteiger partial charge < -0.3 is 15.4 Å². The third-order valence-corrected chi connectivity index (χ3v) is 4.90. The fourth-order valence-electron chi connectivity index (χ4n) is 3.13. The van der Waals surface area contributed by atoms with Gasteiger partial charge in [-0.3, -0.25) is 9.59 Å². The summed E-state index contributed by atoms with van der Waals surface area (Å²) in [7, 11) is 0. The van der Waals surface area contributed by atoms with Crippen molar-refractivity contribution in [2.75, 3.05) is 19.8 Å². The summed E-state index contributed by atoms with van der Waals surface area (Å²) in [6.45, 7) is 3.22. The molecule has 0 aromatic rings. The normalized spacial score (nSPS) is 17.9. The Labute approximate surface area is 194 Å². The molecule has 2 N–H and O–H groups in total. The molecule has 5 heteroatoms. The molecule has 1 atom stereocenters. The van der Waals surface area contributed by atoms with Gasteiger partial charge in [0.1, 0.15) is 6.04 Å². The molecule has 32 heavy (non-hydrogen) atoms. The summed E-state index contributed by atoms with van der Waals surface area (Å²) in [4.78, 5) is 25.3. The highest BCUT2D eigenvalue weighted by molar-refractivity contribution is 5.87. The van der Waals surface area contributed by atoms with E-state index in [-0.39, 0.29) is 12.5 Å². The predicted octanol–water partition coefficient (Wildman–Crippen LogP) is 5.18. The molecule has 2 amide bonds. The molecule has 1 aliphatic heterocycles. The second-order valence-electron chi connectivity index (χ2n) is 7.53. The van der Waals surface area contributed by atoms with Crippen LogP contribution in [0.5, 0.6) is 0 Å². The zero-order valence-corrected chi connectivity index (χ0v) is 19.5. The number of rotatable bonds is 15. The van der Waals surface area contributed by atoms with Crippen molar-refractivity contribution in [2.45, 2.75) is 64.3 Å². The number of carbonyl (C=O) groups excluding carboxylic acids is 2. The molecule has 0 saturated carbocycles. The summed E-state index contributed by atoms with van der Waals surface area (Å²) < 4.78 is 5.24. The molecule has 1 saturated heterocycles. The molecule has 0 spiro atoms. The van der Waals surface area contributed by atoms with E-state index in [1.54, 1.807) is 4.90 Å². The molecule has 176 valence electrons. The minimum Gasteiger partial charge on any atom is -0.377 e. The Morgan fingerprint density at radius 1 is 0.812 bits per heavy atom. The molecule has 1 unspecified atom stereocenters. The Hall–Kier alpha value is -2.66. The average molecular weight is 441 g/mol. The molecule has 1 rings (SSSR count). The third kappa shape index (κ3) is 13.6. The molecule has 1 aliphatic rings. The second-order valence-corrected chi connectivity index (χ2v) is 7.53. The lowest BCUT2D eigenvalue weighted by atomic mass is 10.1. The average Bonchev–Trinajstić information content (AvgIpc) is 2.80. The molecular weight excluding hydrogens is 400 g/mol. The van der Waals surface area contributed by atoms with Crippen LogP contribution in [0.2, 0.25) is 0 Å². The maximum Gasteiger partial charge on any atom is 0.242 e. The monoisotopic (exact) mass is 440 g/mol. The number of hydrogen-bond donors (Lipinski definition) is 1. The lowest BCUT2D eigenvalue weighted by Crippen LogP contribution is -2.54. The number of morpholine rings is 1. The van der Waals surface area contributed by atoms with Crippen molar-refractivity contribution in [1.29, 1.82) is 0 Å². The number of hydrogen-bond acceptors (Lipinski definition) is 3. The van der Waals surface area contributed by atoms with Gasteiger partial charge >= 0.3 is 0 Å². The SMILES string of the molecule is CC/C=C\C/C=C\C/C=C\C/C=C\C/C=C\C/C=C\CCC(=O)N1CCOCC1C(N)=O. The van der Waals surface area contributed by atoms with E-state index in [2.05, 4.69) is 73.8 Å². The summed E-state index contributed by atoms with van der Waals surface area (Å²) in [6.07, 6.45) is 32.8. The van der Waals surface area contributed by atoms with Gasteiger partial charge in [0, 0.05) is 13.0 Å². The Kier molecular flexibility index (Phi) is 16.3. The molecule has 0 aromatic heterocycles. The van der Waals surface area contributed by atoms with Crippen LogP contribution < -0.4 is 5.73 Å². The first kappa shape index (κ1) is 27.4. The highest BCUT2D eigenvalue weighted by atomic mass is 16.5. The van der Waals surface area contributed by atoms with Crippen molar-refractivity contribution in [2.24, 2.45) is 5.73 Å². The molecule has 1 fully saturated rings. The van der Waals surface area contributed by atoms with Gasteiger partial charge in [-0.25, -0.2) is 0 Å². The van der Waals surface area contributed by atoms with Crippen LogP contribution in [0.25, 0.3) is 0 Å². The van der Waals surface area contributed by atoms with Crippen LogP contribution in [0.1, 0.15) is 58.3 Å². The maximum atomic E-state index is 12.3. The second kappa shape index (κ2) is 19.1. The van der Waals surface area contributed by atoms with Crippen LogP contribution in [0.4, 0.5) is 0 Å². The number of ether oxygens (including phenoxy) is 1. The summed E-state index contributed by atoms with van der Waals surface area (Å²) in [5.41, 5.74) is 5.35. The molecule has 0 aromatic carbocycles. The standard InChI is InChI=1S/C27H40N2O3/c1-2-3-4-5-6-7-8-9-10-11-12-13-14-15-16-17-18-19-20-21-26(30)29-22-23-32-24-25(29)27(28)31/h3-4,6-7,9-10,12-13,15-16,18-19,25H,2,5,8,11,14,17,20-24H2,1H3,(H2,28,31)/b4-3-,7-6-,10-9-,13-12-,16-15-,19-18-. The van der Waals surface area contributed by atoms with Gasteiger partial charge in [0.2, 0.25) is 11.8 Å². The Morgan fingerprint density at radius 3 is 1.75 bits per heavy atom. The van der Waals surface area contributed by atoms with E-state index in [1.165, 1.54) is 0 Å². The molecule has 5 nitrogen and oxygen atoms in total. The minimum absolute atomic E-state index is 0.0448. The predicted molar refractivity (Wildman–Crippen MR) is 133 cm³/mol. The van der Waals surface area contributed by atoms with Crippen molar-refractivity contribution >= 4 is 11.8 Å². The smallest absolute Gasteiger partial charge is 0.242 e. The van der Waals surface area contributed by atoms with Gasteiger partial charge in [0.05, 0.1) is 13.2 Å². The molecular formula is C27H40N2O3. The maximum absolute atomic E-state index is 12.3. The molecule has 0 aliphatic carbocycles. The first-order chi connectivity index (χ1) is 15.7. The van der Waals surface area contributed by atoms with Crippen LogP contribution in [0.3, 0.4) is 0 Å². The van der Waals surface area contributed by atoms with Gasteiger partial charge in [-0.1, -0.05) is 79.8 Å². The number of primary amides is 1. The van der Waals surface area contributed by atoms with E-state index in [4.69, 9.17) is 10.5 Å². The zero-order chi connectivity index (χ0) is 23.3. The Balaban J connectivity index is 2.07. The van der Waals surface area contributed by atoms with Crippen molar-refractivity contribution < 1.29 is 14.3 Å². The van der Waals surface area contributed by atoms with Gasteiger partial charge in [0.15, 0.2) is 0 Å². The van der Waals surface area contributed by atoms with E-state index >= 15 is 0 Å². The highest BCUT2D eigenvalue weighted by Gasteiger charge is 2.30. The fraction of sp³-hybridized carbons (Fsp3) is 0.481. The van der Waals surface area contributed by atoms with E-state index in [9.17, 15) is 9.59 Å². The topological polar surface area (TPSA) is 72.6 Å². The van der Waals surface area contributed by atoms with Gasteiger partial charge in [-0.2, -0.15) is 0 Å². The van der Waals surface area contributed by atoms with Crippen molar-refractivity contribution in [3.05, 3.63) is 72.9 Å². The van der Waals surface area contributed by atoms with E-state index in [0.717, 1.165) is 38.5 Å². The first-order valence-corrected chi connectivity index (χ1v) is 11.7. The Morgan fingerprint density at radius 2 is 1.28 bits per heavy atom. The van der Waals surface area contributed by atoms with E-state index < -0.39 is 11.9 Å². The number of carbonyl (C=O) groups is 2. The van der Waals surface area contributed by atoms with Crippen LogP contribution in [-0.4, -0.2) is 42.5 Å². The quantitative estimate of drug-likeness (QED) is 0.357. The summed E-state index contributed by atoms with van der Waals surface area (Å²) in [6, 6.07) is -0.637. The van der Waals surface area contributed by atoms with Gasteiger partial charge in [-0.15, -0.1) is 0 Å². The first-order valence-electron chi connectivity index (χ1n) is 11.7. The lowest BCUT2D eigenvalue weighted by Gasteiger charge is -2.33. The van der Waals surface area contributed by atoms with Crippen LogP contribution in [0, 0.1) is 0 Å². The van der Waals surface area contributed by atoms with Gasteiger partial charge in [0.25, 0.3) is 0 Å². The summed E-state index contributed by atoms with van der Waals surface area (Å²) in [5, 5.41) is 0. The lowest BCUT2D eigenvalue weighted by molar-refractivity contribution is -0.147. The summed E-state index contributed by atoms with van der Waals surface area (Å²) in [5.74, 6) is -0.552. The largest absolute Gasteiger partial charge is 0.377 e. The number of amides is 2. The van der Waals surface area contributed by atoms with Gasteiger partial charge in [-0.05, 0) is 44.9 Å². The molecule has 0 bridgehead atoms. The highest BCUT2D eigenvalue weighted by Crippen LogP contribution is 2.10. The minimum atomic E-state index is -0.637. The number of nitrogens with two attached hydrogens (primary N) is 1. The number of nitrogens with zero attached hydrogens (tertiary/aromatic N) is 1. The zero-order valence-electron chi connectivity index (χ0n) is 19.5. The van der Waals surface area contributed by atoms with Crippen molar-refractivity contribution in [1.82, 2.24) is 4.90 Å². The van der Waals surface area contributed by atoms with Crippen LogP contribution >= 0.6 is 0 Å². The van der Waals surface area contributed by atoms with E-state index in [0.29, 0.717) is 26.0 Å². The number of allylic oxidation sites excluding steroid dienone is 12. The van der Waals surface area contributed by atoms with Crippen molar-refractivity contribution in [3.63, 3.8) is 0 Å². The summed E-state index contributed by atoms with van der Waals surface area (Å²) >= 11 is 0. The van der Waals surface area contributed by atoms with E-state index in [1.807, 2.05) is 6.08 Å². The third-order valence-electron chi connectivity index (χ3n) is 4.90. The van der Waals surface area contributed by atoms with Crippen LogP contribution in [0.15, 0.2) is 72.9 Å². The molecule has 1 heterocycles. The van der Waals surface area contributed by atoms with Crippen LogP contribution in [-0.2, 0) is 14.3 Å².